The van der Waals surface area contributed by atoms with E-state index in [1.807, 2.05) is 12.1 Å². The van der Waals surface area contributed by atoms with Gasteiger partial charge in [-0.3, -0.25) is 4.79 Å². The van der Waals surface area contributed by atoms with Gasteiger partial charge in [0, 0.05) is 5.69 Å². The predicted octanol–water partition coefficient (Wildman–Crippen LogP) is 3.12. The molecule has 0 spiro atoms. The van der Waals surface area contributed by atoms with Crippen LogP contribution < -0.4 is 11.1 Å². The van der Waals surface area contributed by atoms with E-state index in [4.69, 9.17) is 17.3 Å². The lowest BCUT2D eigenvalue weighted by Gasteiger charge is -2.08. The van der Waals surface area contributed by atoms with Crippen LogP contribution in [0.3, 0.4) is 0 Å². The zero-order valence-corrected chi connectivity index (χ0v) is 11.6. The van der Waals surface area contributed by atoms with Crippen LogP contribution in [0.2, 0.25) is 5.15 Å². The molecule has 1 amide bonds. The van der Waals surface area contributed by atoms with E-state index >= 15 is 0 Å². The molecule has 0 bridgehead atoms. The number of fused-ring (bicyclic) bond motifs is 1. The van der Waals surface area contributed by atoms with Gasteiger partial charge in [-0.05, 0) is 24.3 Å². The maximum Gasteiger partial charge on any atom is 0.258 e. The molecule has 1 aromatic heterocycles. The largest absolute Gasteiger partial charge is 0.398 e. The minimum atomic E-state index is -0.375. The Morgan fingerprint density at radius 2 is 1.62 bits per heavy atom. The van der Waals surface area contributed by atoms with Crippen LogP contribution in [0.15, 0.2) is 48.5 Å². The number of rotatable bonds is 2. The van der Waals surface area contributed by atoms with E-state index in [0.29, 0.717) is 22.3 Å². The maximum absolute atomic E-state index is 12.2. The summed E-state index contributed by atoms with van der Waals surface area (Å²) < 4.78 is 0. The van der Waals surface area contributed by atoms with Gasteiger partial charge in [-0.2, -0.15) is 0 Å². The fourth-order valence-corrected chi connectivity index (χ4v) is 2.12. The van der Waals surface area contributed by atoms with Gasteiger partial charge >= 0.3 is 0 Å². The molecule has 0 aliphatic heterocycles. The first kappa shape index (κ1) is 13.3. The van der Waals surface area contributed by atoms with Gasteiger partial charge in [-0.1, -0.05) is 35.9 Å². The van der Waals surface area contributed by atoms with Crippen molar-refractivity contribution in [3.8, 4) is 0 Å². The Morgan fingerprint density at radius 1 is 1.00 bits per heavy atom. The van der Waals surface area contributed by atoms with Crippen molar-refractivity contribution >= 4 is 40.0 Å². The lowest BCUT2D eigenvalue weighted by Crippen LogP contribution is -2.15. The summed E-state index contributed by atoms with van der Waals surface area (Å²) in [5, 5.41) is 2.77. The number of halogens is 1. The number of hydrogen-bond acceptors (Lipinski definition) is 4. The fraction of sp³-hybridized carbons (Fsp3) is 0. The Bertz CT molecular complexity index is 835. The minimum Gasteiger partial charge on any atom is -0.398 e. The van der Waals surface area contributed by atoms with E-state index in [1.54, 1.807) is 36.4 Å². The van der Waals surface area contributed by atoms with Gasteiger partial charge < -0.3 is 11.1 Å². The first-order chi connectivity index (χ1) is 10.1. The number of benzene rings is 2. The number of nitrogens with zero attached hydrogens (tertiary/aromatic N) is 2. The standard InChI is InChI=1S/C15H11ClN4O/c16-13-14(19-12-8-4-3-7-11(12)18-13)20-15(21)9-5-1-2-6-10(9)17/h1-8H,17H2,(H,19,20,21). The van der Waals surface area contributed by atoms with Crippen LogP contribution in [0.4, 0.5) is 11.5 Å². The number of carbonyl (C=O) groups is 1. The molecule has 0 unspecified atom stereocenters. The van der Waals surface area contributed by atoms with Crippen LogP contribution in [-0.4, -0.2) is 15.9 Å². The zero-order valence-electron chi connectivity index (χ0n) is 10.9. The van der Waals surface area contributed by atoms with Gasteiger partial charge in [-0.15, -0.1) is 0 Å². The number of carbonyl (C=O) groups excluding carboxylic acids is 1. The monoisotopic (exact) mass is 298 g/mol. The first-order valence-corrected chi connectivity index (χ1v) is 6.61. The molecule has 104 valence electrons. The number of nitrogen functional groups attached to an aromatic ring is 1. The minimum absolute atomic E-state index is 0.136. The summed E-state index contributed by atoms with van der Waals surface area (Å²) in [5.74, 6) is -0.164. The molecule has 0 saturated carbocycles. The third-order valence-corrected chi connectivity index (χ3v) is 3.23. The summed E-state index contributed by atoms with van der Waals surface area (Å²) in [6.07, 6.45) is 0. The molecule has 3 aromatic rings. The smallest absolute Gasteiger partial charge is 0.258 e. The number of nitrogens with one attached hydrogen (secondary N) is 1. The second kappa shape index (κ2) is 5.38. The van der Waals surface area contributed by atoms with Gasteiger partial charge in [0.1, 0.15) is 0 Å². The molecule has 0 saturated heterocycles. The fourth-order valence-electron chi connectivity index (χ4n) is 1.94. The van der Waals surface area contributed by atoms with Crippen LogP contribution in [0.25, 0.3) is 11.0 Å². The van der Waals surface area contributed by atoms with Crippen molar-refractivity contribution in [2.24, 2.45) is 0 Å². The molecule has 1 heterocycles. The highest BCUT2D eigenvalue weighted by atomic mass is 35.5. The molecule has 0 aliphatic carbocycles. The third-order valence-electron chi connectivity index (χ3n) is 2.97. The molecule has 0 fully saturated rings. The topological polar surface area (TPSA) is 80.9 Å². The Morgan fingerprint density at radius 3 is 2.33 bits per heavy atom. The summed E-state index contributed by atoms with van der Waals surface area (Å²) >= 11 is 6.05. The van der Waals surface area contributed by atoms with Gasteiger partial charge in [0.05, 0.1) is 16.6 Å². The van der Waals surface area contributed by atoms with E-state index in [2.05, 4.69) is 15.3 Å². The zero-order chi connectivity index (χ0) is 14.8. The lowest BCUT2D eigenvalue weighted by atomic mass is 10.1. The van der Waals surface area contributed by atoms with Gasteiger partial charge in [0.15, 0.2) is 11.0 Å². The number of amides is 1. The first-order valence-electron chi connectivity index (χ1n) is 6.23. The Kier molecular flexibility index (Phi) is 3.41. The molecule has 21 heavy (non-hydrogen) atoms. The van der Waals surface area contributed by atoms with Gasteiger partial charge in [0.2, 0.25) is 0 Å². The van der Waals surface area contributed by atoms with E-state index < -0.39 is 0 Å². The molecule has 0 radical (unpaired) electrons. The van der Waals surface area contributed by atoms with Crippen molar-refractivity contribution in [2.45, 2.75) is 0 Å². The molecule has 0 atom stereocenters. The third kappa shape index (κ3) is 2.64. The van der Waals surface area contributed by atoms with Crippen LogP contribution in [0.5, 0.6) is 0 Å². The molecule has 5 nitrogen and oxygen atoms in total. The van der Waals surface area contributed by atoms with Crippen LogP contribution in [0, 0.1) is 0 Å². The molecule has 3 rings (SSSR count). The predicted molar refractivity (Wildman–Crippen MR) is 83.4 cm³/mol. The summed E-state index contributed by atoms with van der Waals surface area (Å²) in [7, 11) is 0. The van der Waals surface area contributed by atoms with E-state index in [9.17, 15) is 4.79 Å². The highest BCUT2D eigenvalue weighted by molar-refractivity contribution is 6.32. The molecule has 2 aromatic carbocycles. The van der Waals surface area contributed by atoms with Crippen molar-refractivity contribution in [2.75, 3.05) is 11.1 Å². The summed E-state index contributed by atoms with van der Waals surface area (Å²) in [5.41, 5.74) is 7.84. The number of nitrogens with two attached hydrogens (primary N) is 1. The van der Waals surface area contributed by atoms with Crippen LogP contribution >= 0.6 is 11.6 Å². The number of para-hydroxylation sites is 3. The molecule has 3 N–H and O–H groups in total. The summed E-state index contributed by atoms with van der Waals surface area (Å²) in [6.45, 7) is 0. The second-order valence-electron chi connectivity index (χ2n) is 4.39. The van der Waals surface area contributed by atoms with E-state index in [-0.39, 0.29) is 16.9 Å². The highest BCUT2D eigenvalue weighted by Crippen LogP contribution is 2.22. The van der Waals surface area contributed by atoms with E-state index in [1.165, 1.54) is 0 Å². The van der Waals surface area contributed by atoms with Crippen LogP contribution in [0.1, 0.15) is 10.4 Å². The molecular weight excluding hydrogens is 288 g/mol. The molecular formula is C15H11ClN4O. The quantitative estimate of drug-likeness (QED) is 0.712. The SMILES string of the molecule is Nc1ccccc1C(=O)Nc1nc2ccccc2nc1Cl. The van der Waals surface area contributed by atoms with Crippen molar-refractivity contribution < 1.29 is 4.79 Å². The Balaban J connectivity index is 1.96. The van der Waals surface area contributed by atoms with E-state index in [0.717, 1.165) is 0 Å². The Hall–Kier alpha value is -2.66. The molecule has 6 heteroatoms. The van der Waals surface area contributed by atoms with Crippen molar-refractivity contribution in [3.63, 3.8) is 0 Å². The maximum atomic E-state index is 12.2. The molecule has 0 aliphatic rings. The second-order valence-corrected chi connectivity index (χ2v) is 4.75. The number of aromatic nitrogens is 2. The van der Waals surface area contributed by atoms with Crippen molar-refractivity contribution in [3.05, 3.63) is 59.2 Å². The summed E-state index contributed by atoms with van der Waals surface area (Å²) in [6, 6.07) is 14.1. The normalized spacial score (nSPS) is 10.5. The summed E-state index contributed by atoms with van der Waals surface area (Å²) in [4.78, 5) is 20.7. The Labute approximate surface area is 125 Å². The highest BCUT2D eigenvalue weighted by Gasteiger charge is 2.13. The van der Waals surface area contributed by atoms with Gasteiger partial charge in [0.25, 0.3) is 5.91 Å². The number of anilines is 2. The van der Waals surface area contributed by atoms with Gasteiger partial charge in [-0.25, -0.2) is 9.97 Å². The van der Waals surface area contributed by atoms with Crippen molar-refractivity contribution in [1.82, 2.24) is 9.97 Å². The van der Waals surface area contributed by atoms with Crippen LogP contribution in [-0.2, 0) is 0 Å². The average Bonchev–Trinajstić information content (AvgIpc) is 2.48. The number of hydrogen-bond donors (Lipinski definition) is 2. The van der Waals surface area contributed by atoms with Crippen molar-refractivity contribution in [1.29, 1.82) is 0 Å². The lowest BCUT2D eigenvalue weighted by molar-refractivity contribution is 0.102. The average molecular weight is 299 g/mol.